The highest BCUT2D eigenvalue weighted by molar-refractivity contribution is 6.30. The van der Waals surface area contributed by atoms with Crippen LogP contribution in [0.25, 0.3) is 10.9 Å². The van der Waals surface area contributed by atoms with Gasteiger partial charge in [0.2, 0.25) is 5.91 Å². The topological polar surface area (TPSA) is 101 Å². The number of aromatic hydroxyl groups is 1. The van der Waals surface area contributed by atoms with Crippen molar-refractivity contribution in [3.63, 3.8) is 0 Å². The van der Waals surface area contributed by atoms with Gasteiger partial charge in [-0.05, 0) is 74.3 Å². The van der Waals surface area contributed by atoms with Crippen molar-refractivity contribution in [2.75, 3.05) is 32.1 Å². The van der Waals surface area contributed by atoms with Crippen LogP contribution in [0, 0.1) is 0 Å². The number of hydrogen-bond donors (Lipinski definition) is 3. The summed E-state index contributed by atoms with van der Waals surface area (Å²) in [6.45, 7) is 3.18. The van der Waals surface area contributed by atoms with E-state index < -0.39 is 0 Å². The average Bonchev–Trinajstić information content (AvgIpc) is 3.34. The van der Waals surface area contributed by atoms with Crippen molar-refractivity contribution >= 4 is 51.4 Å². The number of anilines is 1. The molecule has 8 nitrogen and oxygen atoms in total. The second-order valence-corrected chi connectivity index (χ2v) is 11.2. The lowest BCUT2D eigenvalue weighted by Gasteiger charge is -2.23. The third kappa shape index (κ3) is 7.16. The standard InChI is InChI=1S/C35H34ClN5O3/c1-23(42)41(19-18-40(2)3)29-15-13-28(14-16-29)38-33(25-9-5-4-6-10-25)32-30-21-26(12-17-31(30)39-35(32)44)34(43)37-22-24-8-7-11-27(36)20-24/h4-17,20-21,39,44H,18-19,22H2,1-3H3,(H,37,43). The minimum atomic E-state index is -0.253. The van der Waals surface area contributed by atoms with Crippen LogP contribution < -0.4 is 10.2 Å². The highest BCUT2D eigenvalue weighted by Crippen LogP contribution is 2.33. The minimum absolute atomic E-state index is 0.0378. The Hall–Kier alpha value is -4.92. The van der Waals surface area contributed by atoms with Gasteiger partial charge in [-0.25, -0.2) is 4.99 Å². The normalized spacial score (nSPS) is 11.6. The summed E-state index contributed by atoms with van der Waals surface area (Å²) in [5.74, 6) is -0.344. The van der Waals surface area contributed by atoms with Gasteiger partial charge >= 0.3 is 0 Å². The molecule has 1 heterocycles. The summed E-state index contributed by atoms with van der Waals surface area (Å²) in [7, 11) is 3.94. The number of nitrogens with zero attached hydrogens (tertiary/aromatic N) is 3. The molecule has 0 saturated carbocycles. The van der Waals surface area contributed by atoms with Gasteiger partial charge in [-0.2, -0.15) is 0 Å². The van der Waals surface area contributed by atoms with Crippen LogP contribution in [0.4, 0.5) is 11.4 Å². The van der Waals surface area contributed by atoms with Crippen LogP contribution in [0.1, 0.15) is 34.0 Å². The van der Waals surface area contributed by atoms with E-state index in [4.69, 9.17) is 16.6 Å². The molecule has 0 spiro atoms. The zero-order valence-electron chi connectivity index (χ0n) is 24.8. The van der Waals surface area contributed by atoms with E-state index >= 15 is 0 Å². The van der Waals surface area contributed by atoms with Crippen LogP contribution in [-0.2, 0) is 11.3 Å². The Morgan fingerprint density at radius 2 is 1.64 bits per heavy atom. The first kappa shape index (κ1) is 30.5. The first-order chi connectivity index (χ1) is 21.2. The predicted molar refractivity (Wildman–Crippen MR) is 177 cm³/mol. The number of amides is 2. The van der Waals surface area contributed by atoms with Gasteiger partial charge in [-0.1, -0.05) is 54.1 Å². The molecule has 0 aliphatic carbocycles. The molecule has 0 unspecified atom stereocenters. The summed E-state index contributed by atoms with van der Waals surface area (Å²) >= 11 is 6.09. The van der Waals surface area contributed by atoms with E-state index in [0.717, 1.165) is 23.4 Å². The highest BCUT2D eigenvalue weighted by atomic mass is 35.5. The molecule has 5 rings (SSSR count). The molecule has 224 valence electrons. The van der Waals surface area contributed by atoms with Gasteiger partial charge < -0.3 is 25.2 Å². The highest BCUT2D eigenvalue weighted by Gasteiger charge is 2.20. The molecule has 0 bridgehead atoms. The molecule has 0 fully saturated rings. The molecule has 0 atom stereocenters. The summed E-state index contributed by atoms with van der Waals surface area (Å²) in [6, 6.07) is 29.6. The van der Waals surface area contributed by atoms with Crippen LogP contribution in [0.2, 0.25) is 5.02 Å². The smallest absolute Gasteiger partial charge is 0.251 e. The molecule has 0 aliphatic rings. The zero-order valence-corrected chi connectivity index (χ0v) is 25.6. The first-order valence-electron chi connectivity index (χ1n) is 14.2. The largest absolute Gasteiger partial charge is 0.494 e. The SMILES string of the molecule is CC(=O)N(CCN(C)C)c1ccc(N=C(c2ccccc2)c2c(O)[nH]c3ccc(C(=O)NCc4cccc(Cl)c4)cc23)cc1. The van der Waals surface area contributed by atoms with E-state index in [2.05, 4.69) is 10.3 Å². The Balaban J connectivity index is 1.51. The number of halogens is 1. The average molecular weight is 608 g/mol. The van der Waals surface area contributed by atoms with E-state index in [1.807, 2.05) is 91.8 Å². The quantitative estimate of drug-likeness (QED) is 0.157. The molecule has 0 aliphatic heterocycles. The number of H-pyrrole nitrogens is 1. The third-order valence-corrected chi connectivity index (χ3v) is 7.46. The van der Waals surface area contributed by atoms with Crippen molar-refractivity contribution in [1.29, 1.82) is 0 Å². The summed E-state index contributed by atoms with van der Waals surface area (Å²) in [5, 5.41) is 15.3. The Labute approximate surface area is 261 Å². The Bertz CT molecular complexity index is 1810. The van der Waals surface area contributed by atoms with Crippen molar-refractivity contribution in [1.82, 2.24) is 15.2 Å². The Morgan fingerprint density at radius 1 is 0.886 bits per heavy atom. The van der Waals surface area contributed by atoms with Crippen LogP contribution in [0.5, 0.6) is 5.88 Å². The molecule has 3 N–H and O–H groups in total. The van der Waals surface area contributed by atoms with E-state index in [-0.39, 0.29) is 17.7 Å². The van der Waals surface area contributed by atoms with Crippen LogP contribution >= 0.6 is 11.6 Å². The van der Waals surface area contributed by atoms with E-state index in [0.29, 0.717) is 51.5 Å². The second-order valence-electron chi connectivity index (χ2n) is 10.7. The number of nitrogens with one attached hydrogen (secondary N) is 2. The minimum Gasteiger partial charge on any atom is -0.494 e. The van der Waals surface area contributed by atoms with Crippen LogP contribution in [-0.4, -0.2) is 59.7 Å². The van der Waals surface area contributed by atoms with Gasteiger partial charge in [0.25, 0.3) is 5.91 Å². The number of benzene rings is 4. The van der Waals surface area contributed by atoms with Crippen molar-refractivity contribution in [2.45, 2.75) is 13.5 Å². The second kappa shape index (κ2) is 13.6. The lowest BCUT2D eigenvalue weighted by molar-refractivity contribution is -0.116. The summed E-state index contributed by atoms with van der Waals surface area (Å²) in [6.07, 6.45) is 0. The fourth-order valence-electron chi connectivity index (χ4n) is 4.96. The monoisotopic (exact) mass is 607 g/mol. The van der Waals surface area contributed by atoms with Gasteiger partial charge in [0.15, 0.2) is 5.88 Å². The van der Waals surface area contributed by atoms with Gasteiger partial charge in [0, 0.05) is 59.3 Å². The molecule has 0 saturated heterocycles. The van der Waals surface area contributed by atoms with Crippen molar-refractivity contribution in [2.24, 2.45) is 4.99 Å². The van der Waals surface area contributed by atoms with Crippen molar-refractivity contribution in [3.8, 4) is 5.88 Å². The number of aromatic nitrogens is 1. The molecule has 9 heteroatoms. The summed E-state index contributed by atoms with van der Waals surface area (Å²) < 4.78 is 0. The molecular formula is C35H34ClN5O3. The number of carbonyl (C=O) groups excluding carboxylic acids is 2. The van der Waals surface area contributed by atoms with Gasteiger partial charge in [-0.15, -0.1) is 0 Å². The molecule has 2 amide bonds. The molecule has 4 aromatic carbocycles. The number of hydrogen-bond acceptors (Lipinski definition) is 5. The van der Waals surface area contributed by atoms with E-state index in [1.54, 1.807) is 36.1 Å². The molecule has 44 heavy (non-hydrogen) atoms. The number of likely N-dealkylation sites (N-methyl/N-ethyl adjacent to an activating group) is 1. The maximum atomic E-state index is 13.1. The van der Waals surface area contributed by atoms with E-state index in [1.165, 1.54) is 0 Å². The lowest BCUT2D eigenvalue weighted by Crippen LogP contribution is -2.35. The first-order valence-corrected chi connectivity index (χ1v) is 14.6. The van der Waals surface area contributed by atoms with Crippen LogP contribution in [0.3, 0.4) is 0 Å². The van der Waals surface area contributed by atoms with E-state index in [9.17, 15) is 14.7 Å². The van der Waals surface area contributed by atoms with Crippen molar-refractivity contribution in [3.05, 3.63) is 124 Å². The number of fused-ring (bicyclic) bond motifs is 1. The summed E-state index contributed by atoms with van der Waals surface area (Å²) in [4.78, 5) is 37.2. The zero-order chi connectivity index (χ0) is 31.2. The fraction of sp³-hybridized carbons (Fsp3) is 0.171. The van der Waals surface area contributed by atoms with Crippen LogP contribution in [0.15, 0.2) is 102 Å². The Kier molecular flexibility index (Phi) is 9.43. The number of aromatic amines is 1. The number of aliphatic imine (C=N–C) groups is 1. The maximum Gasteiger partial charge on any atom is 0.251 e. The number of carbonyl (C=O) groups is 2. The van der Waals surface area contributed by atoms with Gasteiger partial charge in [0.1, 0.15) is 0 Å². The van der Waals surface area contributed by atoms with Gasteiger partial charge in [-0.3, -0.25) is 9.59 Å². The maximum absolute atomic E-state index is 13.1. The predicted octanol–water partition coefficient (Wildman–Crippen LogP) is 6.54. The molecule has 5 aromatic rings. The Morgan fingerprint density at radius 3 is 2.32 bits per heavy atom. The summed E-state index contributed by atoms with van der Waals surface area (Å²) in [5.41, 5.74) is 5.24. The van der Waals surface area contributed by atoms with Gasteiger partial charge in [0.05, 0.1) is 17.0 Å². The fourth-order valence-corrected chi connectivity index (χ4v) is 5.17. The molecule has 0 radical (unpaired) electrons. The molecule has 1 aromatic heterocycles. The molecular weight excluding hydrogens is 574 g/mol. The third-order valence-electron chi connectivity index (χ3n) is 7.22. The lowest BCUT2D eigenvalue weighted by atomic mass is 9.99. The number of rotatable bonds is 10. The van der Waals surface area contributed by atoms with Crippen molar-refractivity contribution < 1.29 is 14.7 Å².